The molecule has 1 rings (SSSR count). The lowest BCUT2D eigenvalue weighted by molar-refractivity contribution is -0.155. The van der Waals surface area contributed by atoms with Crippen LogP contribution in [0.2, 0.25) is 0 Å². The Balaban J connectivity index is 2.26. The van der Waals surface area contributed by atoms with E-state index in [4.69, 9.17) is 15.0 Å². The molecule has 1 aliphatic rings. The monoisotopic (exact) mass is 279 g/mol. The third-order valence-corrected chi connectivity index (χ3v) is 3.42. The standard InChI is InChI=1S/C15H25N3O2/c1-12(2)14(17-18-16)8-7-13(3)9-11-20-15-6-4-5-10-19-15/h9,14-15H,1,4-8,10-11H2,2-3H3/b13-9+. The van der Waals surface area contributed by atoms with Crippen LogP contribution in [0.3, 0.4) is 0 Å². The highest BCUT2D eigenvalue weighted by Crippen LogP contribution is 2.16. The Morgan fingerprint density at radius 1 is 1.55 bits per heavy atom. The smallest absolute Gasteiger partial charge is 0.157 e. The van der Waals surface area contributed by atoms with Crippen molar-refractivity contribution in [2.75, 3.05) is 13.2 Å². The summed E-state index contributed by atoms with van der Waals surface area (Å²) >= 11 is 0. The third kappa shape index (κ3) is 6.75. The first-order chi connectivity index (χ1) is 9.63. The number of hydrogen-bond acceptors (Lipinski definition) is 3. The van der Waals surface area contributed by atoms with Gasteiger partial charge >= 0.3 is 0 Å². The van der Waals surface area contributed by atoms with Crippen LogP contribution in [0, 0.1) is 0 Å². The molecule has 1 aliphatic heterocycles. The van der Waals surface area contributed by atoms with Gasteiger partial charge in [-0.3, -0.25) is 0 Å². The van der Waals surface area contributed by atoms with Crippen molar-refractivity contribution >= 4 is 0 Å². The van der Waals surface area contributed by atoms with Gasteiger partial charge in [0.05, 0.1) is 12.6 Å². The molecule has 1 heterocycles. The lowest BCUT2D eigenvalue weighted by Gasteiger charge is -2.22. The fourth-order valence-corrected chi connectivity index (χ4v) is 2.07. The van der Waals surface area contributed by atoms with Gasteiger partial charge in [-0.15, -0.1) is 0 Å². The first-order valence-corrected chi connectivity index (χ1v) is 7.22. The number of hydrogen-bond donors (Lipinski definition) is 0. The molecule has 0 radical (unpaired) electrons. The molecule has 5 heteroatoms. The zero-order valence-corrected chi connectivity index (χ0v) is 12.5. The zero-order chi connectivity index (χ0) is 14.8. The van der Waals surface area contributed by atoms with Crippen molar-refractivity contribution in [3.63, 3.8) is 0 Å². The number of azide groups is 1. The summed E-state index contributed by atoms with van der Waals surface area (Å²) in [4.78, 5) is 2.86. The first kappa shape index (κ1) is 16.8. The average molecular weight is 279 g/mol. The molecule has 0 aromatic carbocycles. The van der Waals surface area contributed by atoms with Crippen molar-refractivity contribution in [2.45, 2.75) is 58.3 Å². The van der Waals surface area contributed by atoms with Gasteiger partial charge < -0.3 is 9.47 Å². The predicted octanol–water partition coefficient (Wildman–Crippen LogP) is 4.51. The molecule has 0 bridgehead atoms. The predicted molar refractivity (Wildman–Crippen MR) is 80.3 cm³/mol. The highest BCUT2D eigenvalue weighted by molar-refractivity contribution is 5.05. The van der Waals surface area contributed by atoms with E-state index in [-0.39, 0.29) is 12.3 Å². The molecule has 1 fully saturated rings. The summed E-state index contributed by atoms with van der Waals surface area (Å²) in [7, 11) is 0. The minimum absolute atomic E-state index is 0.0424. The SMILES string of the molecule is C=C(C)C(CC/C(C)=C/COC1CCCCO1)N=[N+]=[N-]. The van der Waals surface area contributed by atoms with E-state index in [0.717, 1.165) is 37.9 Å². The molecule has 20 heavy (non-hydrogen) atoms. The number of allylic oxidation sites excluding steroid dienone is 1. The molecule has 0 aliphatic carbocycles. The minimum atomic E-state index is -0.119. The van der Waals surface area contributed by atoms with Crippen molar-refractivity contribution < 1.29 is 9.47 Å². The maximum atomic E-state index is 8.51. The van der Waals surface area contributed by atoms with E-state index in [2.05, 4.69) is 29.6 Å². The molecule has 5 nitrogen and oxygen atoms in total. The van der Waals surface area contributed by atoms with Gasteiger partial charge in [0.1, 0.15) is 0 Å². The van der Waals surface area contributed by atoms with Crippen LogP contribution in [-0.2, 0) is 9.47 Å². The molecule has 0 aromatic heterocycles. The molecular weight excluding hydrogens is 254 g/mol. The van der Waals surface area contributed by atoms with Crippen LogP contribution in [0.5, 0.6) is 0 Å². The van der Waals surface area contributed by atoms with Crippen molar-refractivity contribution in [2.24, 2.45) is 5.11 Å². The summed E-state index contributed by atoms with van der Waals surface area (Å²) in [6, 6.07) is -0.119. The Bertz CT molecular complexity index is 379. The van der Waals surface area contributed by atoms with E-state index in [0.29, 0.717) is 6.61 Å². The van der Waals surface area contributed by atoms with Crippen molar-refractivity contribution in [1.82, 2.24) is 0 Å². The summed E-state index contributed by atoms with van der Waals surface area (Å²) in [6.45, 7) is 9.19. The Morgan fingerprint density at radius 3 is 2.95 bits per heavy atom. The van der Waals surface area contributed by atoms with Gasteiger partial charge in [-0.1, -0.05) is 28.9 Å². The van der Waals surface area contributed by atoms with Gasteiger partial charge in [-0.05, 0) is 51.5 Å². The average Bonchev–Trinajstić information content (AvgIpc) is 2.44. The van der Waals surface area contributed by atoms with Gasteiger partial charge in [0.25, 0.3) is 0 Å². The van der Waals surface area contributed by atoms with Gasteiger partial charge in [0.15, 0.2) is 6.29 Å². The van der Waals surface area contributed by atoms with Crippen molar-refractivity contribution in [1.29, 1.82) is 0 Å². The summed E-state index contributed by atoms with van der Waals surface area (Å²) in [5, 5.41) is 3.75. The van der Waals surface area contributed by atoms with Crippen LogP contribution in [0.1, 0.15) is 46.0 Å². The number of ether oxygens (including phenoxy) is 2. The van der Waals surface area contributed by atoms with Crippen LogP contribution < -0.4 is 0 Å². The van der Waals surface area contributed by atoms with Gasteiger partial charge in [0, 0.05) is 11.5 Å². The molecule has 0 aromatic rings. The van der Waals surface area contributed by atoms with Crippen molar-refractivity contribution in [3.05, 3.63) is 34.2 Å². The Morgan fingerprint density at radius 2 is 2.35 bits per heavy atom. The second kappa shape index (κ2) is 9.59. The second-order valence-electron chi connectivity index (χ2n) is 5.29. The van der Waals surface area contributed by atoms with E-state index in [1.807, 2.05) is 6.92 Å². The zero-order valence-electron chi connectivity index (χ0n) is 12.5. The molecule has 112 valence electrons. The van der Waals surface area contributed by atoms with Gasteiger partial charge in [0.2, 0.25) is 0 Å². The molecule has 2 unspecified atom stereocenters. The first-order valence-electron chi connectivity index (χ1n) is 7.22. The maximum Gasteiger partial charge on any atom is 0.157 e. The molecular formula is C15H25N3O2. The fourth-order valence-electron chi connectivity index (χ4n) is 2.07. The number of rotatable bonds is 8. The minimum Gasteiger partial charge on any atom is -0.353 e. The Hall–Kier alpha value is -1.29. The lowest BCUT2D eigenvalue weighted by atomic mass is 10.0. The van der Waals surface area contributed by atoms with E-state index in [1.54, 1.807) is 0 Å². The molecule has 1 saturated heterocycles. The Kier molecular flexibility index (Phi) is 8.04. The van der Waals surface area contributed by atoms with Crippen LogP contribution >= 0.6 is 0 Å². The number of nitrogens with zero attached hydrogens (tertiary/aromatic N) is 3. The Labute approximate surface area is 121 Å². The van der Waals surface area contributed by atoms with Crippen LogP contribution in [0.25, 0.3) is 10.4 Å². The summed E-state index contributed by atoms with van der Waals surface area (Å²) in [5.74, 6) is 0. The van der Waals surface area contributed by atoms with Gasteiger partial charge in [-0.25, -0.2) is 0 Å². The lowest BCUT2D eigenvalue weighted by Crippen LogP contribution is -2.22. The quantitative estimate of drug-likeness (QED) is 0.284. The largest absolute Gasteiger partial charge is 0.353 e. The summed E-state index contributed by atoms with van der Waals surface area (Å²) in [5.41, 5.74) is 10.6. The molecule has 0 amide bonds. The van der Waals surface area contributed by atoms with Crippen LogP contribution in [-0.4, -0.2) is 25.5 Å². The molecule has 0 saturated carbocycles. The van der Waals surface area contributed by atoms with Crippen LogP contribution in [0.4, 0.5) is 0 Å². The molecule has 2 atom stereocenters. The van der Waals surface area contributed by atoms with E-state index in [9.17, 15) is 0 Å². The van der Waals surface area contributed by atoms with E-state index < -0.39 is 0 Å². The highest BCUT2D eigenvalue weighted by atomic mass is 16.7. The summed E-state index contributed by atoms with van der Waals surface area (Å²) < 4.78 is 11.2. The van der Waals surface area contributed by atoms with Crippen molar-refractivity contribution in [3.8, 4) is 0 Å². The van der Waals surface area contributed by atoms with Gasteiger partial charge in [-0.2, -0.15) is 0 Å². The summed E-state index contributed by atoms with van der Waals surface area (Å²) in [6.07, 6.45) is 7.01. The maximum absolute atomic E-state index is 8.51. The second-order valence-corrected chi connectivity index (χ2v) is 5.29. The highest BCUT2D eigenvalue weighted by Gasteiger charge is 2.13. The van der Waals surface area contributed by atoms with E-state index >= 15 is 0 Å². The van der Waals surface area contributed by atoms with Crippen LogP contribution in [0.15, 0.2) is 28.9 Å². The van der Waals surface area contributed by atoms with E-state index in [1.165, 1.54) is 12.0 Å². The topological polar surface area (TPSA) is 67.2 Å². The molecule has 0 N–H and O–H groups in total. The third-order valence-electron chi connectivity index (χ3n) is 3.42. The molecule has 0 spiro atoms. The normalized spacial score (nSPS) is 21.1. The fraction of sp³-hybridized carbons (Fsp3) is 0.733.